The van der Waals surface area contributed by atoms with Gasteiger partial charge in [-0.25, -0.2) is 13.3 Å². The van der Waals surface area contributed by atoms with Crippen LogP contribution in [-0.2, 0) is 6.54 Å². The number of hydrogen-bond acceptors (Lipinski definition) is 4. The molecule has 2 fully saturated rings. The average Bonchev–Trinajstić information content (AvgIpc) is 3.43. The van der Waals surface area contributed by atoms with E-state index in [1.54, 1.807) is 4.52 Å². The van der Waals surface area contributed by atoms with Gasteiger partial charge in [0.1, 0.15) is 17.3 Å². The molecule has 28 heavy (non-hydrogen) atoms. The van der Waals surface area contributed by atoms with Crippen LogP contribution in [0, 0.1) is 11.6 Å². The predicted octanol–water partition coefficient (Wildman–Crippen LogP) is 2.50. The van der Waals surface area contributed by atoms with Gasteiger partial charge in [0.25, 0.3) is 5.56 Å². The number of aromatic amines is 1. The highest BCUT2D eigenvalue weighted by Gasteiger charge is 2.27. The second-order valence-corrected chi connectivity index (χ2v) is 7.64. The van der Waals surface area contributed by atoms with Crippen molar-refractivity contribution >= 4 is 11.3 Å². The molecule has 0 amide bonds. The first kappa shape index (κ1) is 17.4. The summed E-state index contributed by atoms with van der Waals surface area (Å²) < 4.78 is 28.9. The van der Waals surface area contributed by atoms with Gasteiger partial charge in [-0.2, -0.15) is 5.10 Å². The van der Waals surface area contributed by atoms with Crippen molar-refractivity contribution in [3.05, 3.63) is 63.7 Å². The van der Waals surface area contributed by atoms with Crippen LogP contribution in [0.4, 0.5) is 14.5 Å². The standard InChI is InChI=1S/C20H21F2N5O/c21-14-3-4-18(17(22)9-14)26-7-5-25(6-8-26)11-15-10-19-23-20(28)16(13-1-2-13)12-27(19)24-15/h3-4,9-10,12-13H,1-2,5-8,11H2,(H,23,28). The van der Waals surface area contributed by atoms with E-state index >= 15 is 0 Å². The number of halogens is 2. The Morgan fingerprint density at radius 1 is 1.11 bits per heavy atom. The molecule has 0 radical (unpaired) electrons. The Bertz CT molecular complexity index is 1080. The summed E-state index contributed by atoms with van der Waals surface area (Å²) in [5.41, 5.74) is 2.84. The first-order chi connectivity index (χ1) is 13.6. The summed E-state index contributed by atoms with van der Waals surface area (Å²) in [5, 5.41) is 4.61. The molecule has 1 aromatic carbocycles. The Hall–Kier alpha value is -2.74. The van der Waals surface area contributed by atoms with Crippen molar-refractivity contribution in [2.24, 2.45) is 0 Å². The summed E-state index contributed by atoms with van der Waals surface area (Å²) in [4.78, 5) is 19.3. The quantitative estimate of drug-likeness (QED) is 0.750. The zero-order valence-corrected chi connectivity index (χ0v) is 15.4. The SMILES string of the molecule is O=c1[nH]c2cc(CN3CCN(c4ccc(F)cc4F)CC3)nn2cc1C1CC1. The molecule has 146 valence electrons. The first-order valence-electron chi connectivity index (χ1n) is 9.61. The monoisotopic (exact) mass is 385 g/mol. The molecule has 2 aromatic heterocycles. The Labute approximate surface area is 160 Å². The fourth-order valence-electron chi connectivity index (χ4n) is 3.89. The molecule has 1 aliphatic heterocycles. The number of rotatable bonds is 4. The summed E-state index contributed by atoms with van der Waals surface area (Å²) in [6.07, 6.45) is 3.99. The number of anilines is 1. The van der Waals surface area contributed by atoms with E-state index in [-0.39, 0.29) is 5.56 Å². The van der Waals surface area contributed by atoms with E-state index in [9.17, 15) is 13.6 Å². The molecule has 5 rings (SSSR count). The van der Waals surface area contributed by atoms with Gasteiger partial charge in [-0.1, -0.05) is 0 Å². The molecule has 3 heterocycles. The topological polar surface area (TPSA) is 56.6 Å². The Morgan fingerprint density at radius 2 is 1.89 bits per heavy atom. The van der Waals surface area contributed by atoms with E-state index in [4.69, 9.17) is 0 Å². The third kappa shape index (κ3) is 3.28. The van der Waals surface area contributed by atoms with Crippen LogP contribution in [0.1, 0.15) is 30.0 Å². The van der Waals surface area contributed by atoms with Crippen LogP contribution in [0.25, 0.3) is 5.65 Å². The van der Waals surface area contributed by atoms with Crippen LogP contribution in [0.5, 0.6) is 0 Å². The van der Waals surface area contributed by atoms with Crippen molar-refractivity contribution in [2.45, 2.75) is 25.3 Å². The minimum absolute atomic E-state index is 0.0172. The van der Waals surface area contributed by atoms with E-state index in [1.807, 2.05) is 17.2 Å². The van der Waals surface area contributed by atoms with E-state index in [0.29, 0.717) is 36.9 Å². The number of piperazine rings is 1. The number of fused-ring (bicyclic) bond motifs is 1. The fourth-order valence-corrected chi connectivity index (χ4v) is 3.89. The zero-order valence-electron chi connectivity index (χ0n) is 15.4. The highest BCUT2D eigenvalue weighted by Crippen LogP contribution is 2.38. The van der Waals surface area contributed by atoms with Crippen LogP contribution in [0.15, 0.2) is 35.3 Å². The van der Waals surface area contributed by atoms with E-state index in [0.717, 1.165) is 43.3 Å². The lowest BCUT2D eigenvalue weighted by Gasteiger charge is -2.35. The van der Waals surface area contributed by atoms with Crippen molar-refractivity contribution < 1.29 is 8.78 Å². The van der Waals surface area contributed by atoms with Gasteiger partial charge in [-0.15, -0.1) is 0 Å². The molecule has 0 spiro atoms. The largest absolute Gasteiger partial charge is 0.367 e. The minimum Gasteiger partial charge on any atom is -0.367 e. The molecule has 2 aliphatic rings. The van der Waals surface area contributed by atoms with Gasteiger partial charge < -0.3 is 9.88 Å². The van der Waals surface area contributed by atoms with Crippen LogP contribution >= 0.6 is 0 Å². The maximum atomic E-state index is 14.0. The smallest absolute Gasteiger partial charge is 0.254 e. The number of hydrogen-bond donors (Lipinski definition) is 1. The van der Waals surface area contributed by atoms with Gasteiger partial charge in [-0.05, 0) is 30.9 Å². The fraction of sp³-hybridized carbons (Fsp3) is 0.400. The van der Waals surface area contributed by atoms with Crippen LogP contribution in [0.2, 0.25) is 0 Å². The highest BCUT2D eigenvalue weighted by molar-refractivity contribution is 5.48. The maximum Gasteiger partial charge on any atom is 0.254 e. The average molecular weight is 385 g/mol. The molecule has 8 heteroatoms. The summed E-state index contributed by atoms with van der Waals surface area (Å²) in [7, 11) is 0. The third-order valence-electron chi connectivity index (χ3n) is 5.58. The van der Waals surface area contributed by atoms with Gasteiger partial charge in [-0.3, -0.25) is 9.69 Å². The minimum atomic E-state index is -0.561. The first-order valence-corrected chi connectivity index (χ1v) is 9.61. The molecule has 1 saturated carbocycles. The molecule has 3 aromatic rings. The summed E-state index contributed by atoms with van der Waals surface area (Å²) >= 11 is 0. The number of H-pyrrole nitrogens is 1. The highest BCUT2D eigenvalue weighted by atomic mass is 19.1. The molecular formula is C20H21F2N5O. The molecule has 1 aliphatic carbocycles. The van der Waals surface area contributed by atoms with Crippen molar-refractivity contribution in [2.75, 3.05) is 31.1 Å². The van der Waals surface area contributed by atoms with Gasteiger partial charge >= 0.3 is 0 Å². The van der Waals surface area contributed by atoms with Crippen molar-refractivity contribution in [1.29, 1.82) is 0 Å². The number of aromatic nitrogens is 3. The summed E-state index contributed by atoms with van der Waals surface area (Å²) in [6, 6.07) is 5.62. The lowest BCUT2D eigenvalue weighted by atomic mass is 10.2. The van der Waals surface area contributed by atoms with Crippen LogP contribution < -0.4 is 10.5 Å². The summed E-state index contributed by atoms with van der Waals surface area (Å²) in [5.74, 6) is -0.709. The van der Waals surface area contributed by atoms with Crippen LogP contribution in [-0.4, -0.2) is 45.7 Å². The van der Waals surface area contributed by atoms with Gasteiger partial charge in [0.15, 0.2) is 0 Å². The van der Waals surface area contributed by atoms with E-state index in [2.05, 4.69) is 15.0 Å². The van der Waals surface area contributed by atoms with Gasteiger partial charge in [0.2, 0.25) is 0 Å². The van der Waals surface area contributed by atoms with Crippen molar-refractivity contribution in [1.82, 2.24) is 19.5 Å². The molecule has 6 nitrogen and oxygen atoms in total. The second kappa shape index (κ2) is 6.70. The van der Waals surface area contributed by atoms with Gasteiger partial charge in [0.05, 0.1) is 11.4 Å². The molecule has 1 N–H and O–H groups in total. The van der Waals surface area contributed by atoms with Crippen molar-refractivity contribution in [3.63, 3.8) is 0 Å². The predicted molar refractivity (Wildman–Crippen MR) is 102 cm³/mol. The molecule has 1 saturated heterocycles. The van der Waals surface area contributed by atoms with Gasteiger partial charge in [0, 0.05) is 56.6 Å². The molecule has 0 atom stereocenters. The Morgan fingerprint density at radius 3 is 2.61 bits per heavy atom. The maximum absolute atomic E-state index is 14.0. The van der Waals surface area contributed by atoms with Crippen molar-refractivity contribution in [3.8, 4) is 0 Å². The zero-order chi connectivity index (χ0) is 19.3. The molecule has 0 unspecified atom stereocenters. The lowest BCUT2D eigenvalue weighted by molar-refractivity contribution is 0.246. The van der Waals surface area contributed by atoms with E-state index in [1.165, 1.54) is 12.1 Å². The number of nitrogens with zero attached hydrogens (tertiary/aromatic N) is 4. The Balaban J connectivity index is 1.27. The summed E-state index contributed by atoms with van der Waals surface area (Å²) in [6.45, 7) is 3.52. The normalized spacial score (nSPS) is 18.1. The molecular weight excluding hydrogens is 364 g/mol. The van der Waals surface area contributed by atoms with E-state index < -0.39 is 11.6 Å². The third-order valence-corrected chi connectivity index (χ3v) is 5.58. The Kier molecular flexibility index (Phi) is 4.16. The number of benzene rings is 1. The lowest BCUT2D eigenvalue weighted by Crippen LogP contribution is -2.46. The molecule has 0 bridgehead atoms. The number of nitrogens with one attached hydrogen (secondary N) is 1. The second-order valence-electron chi connectivity index (χ2n) is 7.64. The van der Waals surface area contributed by atoms with Crippen LogP contribution in [0.3, 0.4) is 0 Å².